The molecular formula is C33H39N5O5. The Kier molecular flexibility index (Phi) is 8.71. The van der Waals surface area contributed by atoms with E-state index in [1.165, 1.54) is 4.90 Å². The number of rotatable bonds is 7. The number of fused-ring (bicyclic) bond motifs is 1. The van der Waals surface area contributed by atoms with Gasteiger partial charge in [-0.15, -0.1) is 0 Å². The van der Waals surface area contributed by atoms with Crippen molar-refractivity contribution in [3.8, 4) is 34.7 Å². The van der Waals surface area contributed by atoms with E-state index < -0.39 is 17.7 Å². The van der Waals surface area contributed by atoms with Gasteiger partial charge in [0.1, 0.15) is 24.5 Å². The molecule has 1 atom stereocenters. The van der Waals surface area contributed by atoms with Gasteiger partial charge in [-0.1, -0.05) is 23.4 Å². The average Bonchev–Trinajstić information content (AvgIpc) is 3.68. The first-order chi connectivity index (χ1) is 20.5. The van der Waals surface area contributed by atoms with Gasteiger partial charge < -0.3 is 18.9 Å². The molecule has 1 aromatic heterocycles. The molecule has 2 aromatic carbocycles. The molecule has 0 N–H and O–H groups in total. The predicted octanol–water partition coefficient (Wildman–Crippen LogP) is 6.30. The topological polar surface area (TPSA) is 122 Å². The number of amides is 2. The molecule has 10 heteroatoms. The Morgan fingerprint density at radius 2 is 1.93 bits per heavy atom. The fraction of sp³-hybridized carbons (Fsp3) is 0.485. The zero-order valence-corrected chi connectivity index (χ0v) is 25.6. The van der Waals surface area contributed by atoms with Gasteiger partial charge in [-0.25, -0.2) is 4.79 Å². The molecule has 0 bridgehead atoms. The summed E-state index contributed by atoms with van der Waals surface area (Å²) in [6, 6.07) is 13.2. The largest absolute Gasteiger partial charge is 0.490 e. The number of carbonyl (C=O) groups is 2. The Morgan fingerprint density at radius 1 is 1.16 bits per heavy atom. The molecule has 1 unspecified atom stereocenters. The van der Waals surface area contributed by atoms with Gasteiger partial charge in [0.05, 0.1) is 11.7 Å². The number of ether oxygens (including phenoxy) is 2. The van der Waals surface area contributed by atoms with Crippen LogP contribution in [0, 0.1) is 11.3 Å². The lowest BCUT2D eigenvalue weighted by Crippen LogP contribution is -2.51. The van der Waals surface area contributed by atoms with E-state index in [1.54, 1.807) is 18.2 Å². The van der Waals surface area contributed by atoms with Gasteiger partial charge >= 0.3 is 6.09 Å². The molecule has 1 aliphatic heterocycles. The summed E-state index contributed by atoms with van der Waals surface area (Å²) in [5, 5.41) is 13.9. The quantitative estimate of drug-likeness (QED) is 0.317. The number of aromatic nitrogens is 2. The first kappa shape index (κ1) is 30.1. The molecular weight excluding hydrogens is 546 g/mol. The summed E-state index contributed by atoms with van der Waals surface area (Å²) in [5.41, 5.74) is 3.15. The third kappa shape index (κ3) is 6.66. The smallest absolute Gasteiger partial charge is 0.411 e. The number of likely N-dealkylation sites (tertiary alicyclic amines) is 1. The van der Waals surface area contributed by atoms with Crippen LogP contribution < -0.4 is 4.74 Å². The van der Waals surface area contributed by atoms with Crippen molar-refractivity contribution in [2.45, 2.75) is 84.5 Å². The molecule has 2 amide bonds. The molecule has 0 saturated carbocycles. The Morgan fingerprint density at radius 3 is 2.63 bits per heavy atom. The first-order valence-electron chi connectivity index (χ1n) is 15.0. The van der Waals surface area contributed by atoms with Gasteiger partial charge in [0.25, 0.3) is 5.89 Å². The molecule has 1 fully saturated rings. The second-order valence-corrected chi connectivity index (χ2v) is 12.4. The van der Waals surface area contributed by atoms with Gasteiger partial charge in [-0.2, -0.15) is 10.2 Å². The van der Waals surface area contributed by atoms with Crippen LogP contribution in [0.5, 0.6) is 5.75 Å². The first-order valence-corrected chi connectivity index (χ1v) is 15.0. The van der Waals surface area contributed by atoms with E-state index >= 15 is 0 Å². The van der Waals surface area contributed by atoms with Crippen LogP contribution >= 0.6 is 0 Å². The van der Waals surface area contributed by atoms with Crippen LogP contribution in [-0.2, 0) is 16.0 Å². The van der Waals surface area contributed by atoms with Gasteiger partial charge in [-0.05, 0) is 96.0 Å². The van der Waals surface area contributed by atoms with Gasteiger partial charge in [0.15, 0.2) is 0 Å². The fourth-order valence-electron chi connectivity index (χ4n) is 5.66. The molecule has 2 heterocycles. The molecule has 43 heavy (non-hydrogen) atoms. The van der Waals surface area contributed by atoms with Crippen molar-refractivity contribution in [1.82, 2.24) is 19.9 Å². The highest BCUT2D eigenvalue weighted by atomic mass is 16.6. The maximum absolute atomic E-state index is 13.5. The summed E-state index contributed by atoms with van der Waals surface area (Å²) in [4.78, 5) is 34.5. The maximum Gasteiger partial charge on any atom is 0.411 e. The van der Waals surface area contributed by atoms with Crippen molar-refractivity contribution >= 4 is 12.0 Å². The van der Waals surface area contributed by atoms with Crippen LogP contribution in [0.2, 0.25) is 0 Å². The monoisotopic (exact) mass is 585 g/mol. The molecule has 2 aliphatic rings. The Labute approximate surface area is 252 Å². The highest BCUT2D eigenvalue weighted by molar-refractivity contribution is 5.83. The maximum atomic E-state index is 13.5. The number of nitrogens with zero attached hydrogens (tertiary/aromatic N) is 5. The molecule has 226 valence electrons. The van der Waals surface area contributed by atoms with Gasteiger partial charge in [0.2, 0.25) is 11.7 Å². The van der Waals surface area contributed by atoms with Crippen molar-refractivity contribution in [1.29, 1.82) is 5.26 Å². The molecule has 3 aromatic rings. The van der Waals surface area contributed by atoms with Crippen LogP contribution in [0.25, 0.3) is 22.8 Å². The minimum Gasteiger partial charge on any atom is -0.490 e. The van der Waals surface area contributed by atoms with E-state index in [9.17, 15) is 14.9 Å². The zero-order chi connectivity index (χ0) is 30.7. The Hall–Kier alpha value is -4.39. The van der Waals surface area contributed by atoms with Crippen molar-refractivity contribution in [2.75, 3.05) is 19.6 Å². The summed E-state index contributed by atoms with van der Waals surface area (Å²) < 4.78 is 17.5. The van der Waals surface area contributed by atoms with E-state index in [0.717, 1.165) is 55.5 Å². The van der Waals surface area contributed by atoms with Crippen LogP contribution in [-0.4, -0.2) is 63.2 Å². The second-order valence-electron chi connectivity index (χ2n) is 12.4. The highest BCUT2D eigenvalue weighted by Crippen LogP contribution is 2.38. The highest BCUT2D eigenvalue weighted by Gasteiger charge is 2.35. The predicted molar refractivity (Wildman–Crippen MR) is 160 cm³/mol. The van der Waals surface area contributed by atoms with E-state index in [0.29, 0.717) is 35.0 Å². The summed E-state index contributed by atoms with van der Waals surface area (Å²) in [6.45, 7) is 11.0. The third-order valence-corrected chi connectivity index (χ3v) is 7.85. The summed E-state index contributed by atoms with van der Waals surface area (Å²) in [5.74, 6) is 1.17. The average molecular weight is 586 g/mol. The Balaban J connectivity index is 1.37. The summed E-state index contributed by atoms with van der Waals surface area (Å²) >= 11 is 0. The number of carbonyl (C=O) groups excluding carboxylic acids is 2. The van der Waals surface area contributed by atoms with Crippen molar-refractivity contribution in [2.24, 2.45) is 0 Å². The molecule has 1 saturated heterocycles. The molecule has 5 rings (SSSR count). The number of hydrogen-bond donors (Lipinski definition) is 0. The van der Waals surface area contributed by atoms with E-state index in [4.69, 9.17) is 14.0 Å². The number of nitriles is 1. The molecule has 0 spiro atoms. The Bertz CT molecular complexity index is 1530. The normalized spacial score (nSPS) is 16.5. The summed E-state index contributed by atoms with van der Waals surface area (Å²) in [6.07, 6.45) is 3.25. The molecule has 0 radical (unpaired) electrons. The molecule has 1 aliphatic carbocycles. The van der Waals surface area contributed by atoms with Crippen LogP contribution in [0.4, 0.5) is 4.79 Å². The lowest BCUT2D eigenvalue weighted by atomic mass is 9.86. The second kappa shape index (κ2) is 12.5. The van der Waals surface area contributed by atoms with E-state index in [-0.39, 0.29) is 18.6 Å². The van der Waals surface area contributed by atoms with Crippen molar-refractivity contribution < 1.29 is 23.6 Å². The number of hydrogen-bond acceptors (Lipinski definition) is 8. The SMILES string of the molecule is CC(C)Oc1ccc(-c2nc(-c3cccc4c3CCCC4OC(=O)N(CC(=O)N3CCCC3)C(C)(C)C)no2)cc1C#N. The third-order valence-electron chi connectivity index (χ3n) is 7.85. The van der Waals surface area contributed by atoms with Crippen LogP contribution in [0.1, 0.15) is 83.1 Å². The zero-order valence-electron chi connectivity index (χ0n) is 25.6. The van der Waals surface area contributed by atoms with Gasteiger partial charge in [-0.3, -0.25) is 9.69 Å². The standard InChI is InChI=1S/C33H39N5O5/c1-21(2)41-27-15-14-22(18-23(27)19-34)31-35-30(36-43-31)26-12-8-11-25-24(26)10-9-13-28(25)42-32(40)38(33(3,4)5)20-29(39)37-16-6-7-17-37/h8,11-12,14-15,18,21,28H,6-7,9-10,13,16-17,20H2,1-5H3. The lowest BCUT2D eigenvalue weighted by molar-refractivity contribution is -0.132. The van der Waals surface area contributed by atoms with E-state index in [2.05, 4.69) is 16.2 Å². The fourth-order valence-corrected chi connectivity index (χ4v) is 5.66. The molecule has 10 nitrogen and oxygen atoms in total. The minimum atomic E-state index is -0.586. The number of benzene rings is 2. The van der Waals surface area contributed by atoms with E-state index in [1.807, 2.05) is 57.7 Å². The minimum absolute atomic E-state index is 0.00826. The van der Waals surface area contributed by atoms with Crippen LogP contribution in [0.15, 0.2) is 40.9 Å². The lowest BCUT2D eigenvalue weighted by Gasteiger charge is -2.37. The summed E-state index contributed by atoms with van der Waals surface area (Å²) in [7, 11) is 0. The van der Waals surface area contributed by atoms with Crippen molar-refractivity contribution in [3.63, 3.8) is 0 Å². The van der Waals surface area contributed by atoms with Gasteiger partial charge in [0, 0.05) is 29.8 Å². The van der Waals surface area contributed by atoms with Crippen molar-refractivity contribution in [3.05, 3.63) is 53.1 Å². The van der Waals surface area contributed by atoms with Crippen LogP contribution in [0.3, 0.4) is 0 Å².